The molecule has 1 atom stereocenters. The lowest BCUT2D eigenvalue weighted by Crippen LogP contribution is -2.39. The molecule has 8 nitrogen and oxygen atoms in total. The number of carbonyl (C=O) groups excluding carboxylic acids is 1. The van der Waals surface area contributed by atoms with Crippen LogP contribution in [0.25, 0.3) is 6.08 Å². The molecule has 0 bridgehead atoms. The summed E-state index contributed by atoms with van der Waals surface area (Å²) in [4.78, 5) is 31.7. The summed E-state index contributed by atoms with van der Waals surface area (Å²) in [7, 11) is 1.56. The van der Waals surface area contributed by atoms with Crippen molar-refractivity contribution >= 4 is 23.4 Å². The molecule has 1 aromatic heterocycles. The van der Waals surface area contributed by atoms with Gasteiger partial charge in [0.25, 0.3) is 5.56 Å². The molecular weight excluding hydrogens is 466 g/mol. The van der Waals surface area contributed by atoms with Gasteiger partial charge in [-0.15, -0.1) is 0 Å². The second kappa shape index (κ2) is 10.4. The fraction of sp³-hybridized carbons (Fsp3) is 0.231. The maximum absolute atomic E-state index is 13.7. The van der Waals surface area contributed by atoms with Crippen molar-refractivity contribution in [3.8, 4) is 17.6 Å². The maximum atomic E-state index is 13.7. The van der Waals surface area contributed by atoms with Gasteiger partial charge in [0.1, 0.15) is 17.6 Å². The molecule has 35 heavy (non-hydrogen) atoms. The minimum atomic E-state index is -0.729. The van der Waals surface area contributed by atoms with Gasteiger partial charge in [0.05, 0.1) is 35.6 Å². The molecule has 0 fully saturated rings. The molecule has 0 N–H and O–H groups in total. The van der Waals surface area contributed by atoms with Gasteiger partial charge in [-0.05, 0) is 43.7 Å². The second-order valence-corrected chi connectivity index (χ2v) is 8.57. The summed E-state index contributed by atoms with van der Waals surface area (Å²) in [5, 5.41) is 8.87. The van der Waals surface area contributed by atoms with E-state index in [-0.39, 0.29) is 18.8 Å². The molecule has 0 saturated heterocycles. The number of nitriles is 1. The van der Waals surface area contributed by atoms with Gasteiger partial charge in [-0.2, -0.15) is 5.26 Å². The molecule has 2 heterocycles. The van der Waals surface area contributed by atoms with Gasteiger partial charge in [0.15, 0.2) is 11.4 Å². The van der Waals surface area contributed by atoms with Crippen molar-refractivity contribution in [1.29, 1.82) is 5.26 Å². The molecule has 178 valence electrons. The Morgan fingerprint density at radius 2 is 2.06 bits per heavy atom. The third kappa shape index (κ3) is 4.74. The summed E-state index contributed by atoms with van der Waals surface area (Å²) >= 11 is 1.22. The Bertz CT molecular complexity index is 1530. The van der Waals surface area contributed by atoms with E-state index in [1.807, 2.05) is 24.3 Å². The van der Waals surface area contributed by atoms with Crippen molar-refractivity contribution in [2.24, 2.45) is 4.99 Å². The zero-order chi connectivity index (χ0) is 24.9. The van der Waals surface area contributed by atoms with Crippen LogP contribution < -0.4 is 24.4 Å². The van der Waals surface area contributed by atoms with Gasteiger partial charge in [0.2, 0.25) is 0 Å². The summed E-state index contributed by atoms with van der Waals surface area (Å²) in [6.07, 6.45) is 1.71. The monoisotopic (exact) mass is 489 g/mol. The second-order valence-electron chi connectivity index (χ2n) is 7.56. The topological polar surface area (TPSA) is 103 Å². The van der Waals surface area contributed by atoms with Gasteiger partial charge in [-0.25, -0.2) is 9.79 Å². The van der Waals surface area contributed by atoms with E-state index in [1.54, 1.807) is 57.4 Å². The molecule has 2 aromatic carbocycles. The predicted molar refractivity (Wildman–Crippen MR) is 131 cm³/mol. The number of carbonyl (C=O) groups is 1. The molecule has 9 heteroatoms. The van der Waals surface area contributed by atoms with Crippen LogP contribution in [0, 0.1) is 11.3 Å². The van der Waals surface area contributed by atoms with Crippen LogP contribution in [0.15, 0.2) is 69.6 Å². The average molecular weight is 490 g/mol. The van der Waals surface area contributed by atoms with Crippen LogP contribution in [0.5, 0.6) is 11.5 Å². The van der Waals surface area contributed by atoms with Gasteiger partial charge in [0, 0.05) is 5.56 Å². The molecule has 0 spiro atoms. The first-order valence-corrected chi connectivity index (χ1v) is 11.7. The fourth-order valence-electron chi connectivity index (χ4n) is 3.90. The summed E-state index contributed by atoms with van der Waals surface area (Å²) in [6, 6.07) is 15.6. The zero-order valence-electron chi connectivity index (χ0n) is 19.5. The molecule has 1 aliphatic rings. The van der Waals surface area contributed by atoms with Crippen LogP contribution in [-0.4, -0.2) is 30.9 Å². The smallest absolute Gasteiger partial charge is 0.338 e. The van der Waals surface area contributed by atoms with E-state index in [2.05, 4.69) is 4.99 Å². The molecule has 0 aliphatic carbocycles. The number of para-hydroxylation sites is 1. The fourth-order valence-corrected chi connectivity index (χ4v) is 4.94. The molecular formula is C26H23N3O5S. The SMILES string of the molecule is CCOC(=O)C1=C(C)N=c2s/c(=C\c3ccccc3OCC#N)c(=O)n2[C@H]1c1cccc(OC)c1. The number of thiazole rings is 1. The number of methoxy groups -OCH3 is 1. The standard InChI is InChI=1S/C26H23N3O5S/c1-4-33-25(31)22-16(2)28-26-29(23(22)18-9-7-10-19(14-18)32-3)24(30)21(35-26)15-17-8-5-6-11-20(17)34-13-12-27/h5-11,14-15,23H,4,13H2,1-3H3/b21-15-/t23-/m0/s1. The number of ether oxygens (including phenoxy) is 3. The summed E-state index contributed by atoms with van der Waals surface area (Å²) in [5.41, 5.74) is 1.85. The first-order chi connectivity index (χ1) is 17.0. The lowest BCUT2D eigenvalue weighted by atomic mass is 9.95. The first kappa shape index (κ1) is 24.0. The van der Waals surface area contributed by atoms with Crippen molar-refractivity contribution in [2.45, 2.75) is 19.9 Å². The lowest BCUT2D eigenvalue weighted by molar-refractivity contribution is -0.139. The quantitative estimate of drug-likeness (QED) is 0.473. The van der Waals surface area contributed by atoms with Crippen LogP contribution in [0.2, 0.25) is 0 Å². The molecule has 3 aromatic rings. The third-order valence-electron chi connectivity index (χ3n) is 5.42. The van der Waals surface area contributed by atoms with E-state index in [9.17, 15) is 9.59 Å². The minimum Gasteiger partial charge on any atom is -0.497 e. The molecule has 4 rings (SSSR count). The van der Waals surface area contributed by atoms with Crippen molar-refractivity contribution in [3.05, 3.63) is 90.6 Å². The highest BCUT2D eigenvalue weighted by molar-refractivity contribution is 7.07. The number of hydrogen-bond donors (Lipinski definition) is 0. The number of fused-ring (bicyclic) bond motifs is 1. The molecule has 0 amide bonds. The summed E-state index contributed by atoms with van der Waals surface area (Å²) in [6.45, 7) is 3.56. The van der Waals surface area contributed by atoms with Gasteiger partial charge >= 0.3 is 5.97 Å². The summed E-state index contributed by atoms with van der Waals surface area (Å²) < 4.78 is 18.1. The van der Waals surface area contributed by atoms with Crippen LogP contribution >= 0.6 is 11.3 Å². The normalized spacial score (nSPS) is 15.1. The number of esters is 1. The highest BCUT2D eigenvalue weighted by Crippen LogP contribution is 2.32. The van der Waals surface area contributed by atoms with Gasteiger partial charge < -0.3 is 14.2 Å². The Morgan fingerprint density at radius 3 is 2.80 bits per heavy atom. The van der Waals surface area contributed by atoms with E-state index in [1.165, 1.54) is 15.9 Å². The number of nitrogens with zero attached hydrogens (tertiary/aromatic N) is 3. The van der Waals surface area contributed by atoms with Crippen LogP contribution in [0.3, 0.4) is 0 Å². The highest BCUT2D eigenvalue weighted by Gasteiger charge is 2.33. The van der Waals surface area contributed by atoms with E-state index >= 15 is 0 Å². The van der Waals surface area contributed by atoms with Crippen molar-refractivity contribution in [3.63, 3.8) is 0 Å². The lowest BCUT2D eigenvalue weighted by Gasteiger charge is -2.25. The highest BCUT2D eigenvalue weighted by atomic mass is 32.1. The predicted octanol–water partition coefficient (Wildman–Crippen LogP) is 2.71. The Balaban J connectivity index is 1.94. The Morgan fingerprint density at radius 1 is 1.26 bits per heavy atom. The Hall–Kier alpha value is -4.16. The van der Waals surface area contributed by atoms with E-state index in [0.717, 1.165) is 0 Å². The number of hydrogen-bond acceptors (Lipinski definition) is 8. The Kier molecular flexibility index (Phi) is 7.13. The molecule has 0 radical (unpaired) electrons. The van der Waals surface area contributed by atoms with Crippen molar-refractivity contribution in [2.75, 3.05) is 20.3 Å². The van der Waals surface area contributed by atoms with Gasteiger partial charge in [-0.1, -0.05) is 41.7 Å². The largest absolute Gasteiger partial charge is 0.497 e. The van der Waals surface area contributed by atoms with Crippen molar-refractivity contribution < 1.29 is 19.0 Å². The molecule has 0 unspecified atom stereocenters. The van der Waals surface area contributed by atoms with Gasteiger partial charge in [-0.3, -0.25) is 9.36 Å². The molecule has 1 aliphatic heterocycles. The van der Waals surface area contributed by atoms with Crippen LogP contribution in [-0.2, 0) is 9.53 Å². The number of benzene rings is 2. The van der Waals surface area contributed by atoms with Crippen LogP contribution in [0.4, 0.5) is 0 Å². The number of allylic oxidation sites excluding steroid dienone is 1. The molecule has 0 saturated carbocycles. The third-order valence-corrected chi connectivity index (χ3v) is 6.41. The van der Waals surface area contributed by atoms with Crippen molar-refractivity contribution in [1.82, 2.24) is 4.57 Å². The number of rotatable bonds is 7. The minimum absolute atomic E-state index is 0.107. The van der Waals surface area contributed by atoms with Crippen LogP contribution in [0.1, 0.15) is 31.0 Å². The summed E-state index contributed by atoms with van der Waals surface area (Å²) in [5.74, 6) is 0.574. The van der Waals surface area contributed by atoms with E-state index < -0.39 is 12.0 Å². The average Bonchev–Trinajstić information content (AvgIpc) is 3.17. The number of aromatic nitrogens is 1. The zero-order valence-corrected chi connectivity index (χ0v) is 20.3. The Labute approximate surface area is 205 Å². The van der Waals surface area contributed by atoms with E-state index in [0.29, 0.717) is 43.2 Å². The first-order valence-electron chi connectivity index (χ1n) is 10.9. The van der Waals surface area contributed by atoms with E-state index in [4.69, 9.17) is 19.5 Å². The maximum Gasteiger partial charge on any atom is 0.338 e.